The Labute approximate surface area is 164 Å². The summed E-state index contributed by atoms with van der Waals surface area (Å²) < 4.78 is 11.4. The van der Waals surface area contributed by atoms with E-state index in [1.165, 1.54) is 0 Å². The molecule has 0 saturated carbocycles. The molecule has 0 spiro atoms. The van der Waals surface area contributed by atoms with E-state index in [2.05, 4.69) is 26.6 Å². The van der Waals surface area contributed by atoms with Crippen molar-refractivity contribution in [2.24, 2.45) is 0 Å². The van der Waals surface area contributed by atoms with Crippen molar-refractivity contribution < 1.29 is 18.7 Å². The monoisotopic (exact) mass is 428 g/mol. The second kappa shape index (κ2) is 8.55. The summed E-state index contributed by atoms with van der Waals surface area (Å²) in [6, 6.07) is 17.3. The maximum absolute atomic E-state index is 12.2. The fourth-order valence-electron chi connectivity index (χ4n) is 2.37. The Kier molecular flexibility index (Phi) is 5.93. The van der Waals surface area contributed by atoms with Crippen LogP contribution in [0.25, 0.3) is 0 Å². The molecule has 3 rings (SSSR count). The zero-order valence-electron chi connectivity index (χ0n) is 14.5. The molecule has 0 radical (unpaired) electrons. The molecule has 0 bridgehead atoms. The molecular formula is C20H17BrN2O4. The largest absolute Gasteiger partial charge is 0.497 e. The van der Waals surface area contributed by atoms with Gasteiger partial charge in [0.25, 0.3) is 11.8 Å². The highest BCUT2D eigenvalue weighted by Crippen LogP contribution is 2.17. The van der Waals surface area contributed by atoms with Gasteiger partial charge in [-0.25, -0.2) is 0 Å². The van der Waals surface area contributed by atoms with Crippen LogP contribution in [0.1, 0.15) is 26.7 Å². The number of anilines is 1. The van der Waals surface area contributed by atoms with Crippen molar-refractivity contribution >= 4 is 33.4 Å². The molecule has 2 amide bonds. The van der Waals surface area contributed by atoms with Crippen LogP contribution in [0.5, 0.6) is 5.75 Å². The van der Waals surface area contributed by atoms with E-state index in [4.69, 9.17) is 9.15 Å². The number of amides is 2. The van der Waals surface area contributed by atoms with Gasteiger partial charge in [-0.05, 0) is 54.6 Å². The van der Waals surface area contributed by atoms with Crippen LogP contribution in [-0.2, 0) is 6.54 Å². The first-order valence-corrected chi connectivity index (χ1v) is 8.92. The van der Waals surface area contributed by atoms with Gasteiger partial charge >= 0.3 is 0 Å². The van der Waals surface area contributed by atoms with E-state index in [0.29, 0.717) is 22.8 Å². The average Bonchev–Trinajstić information content (AvgIpc) is 3.15. The summed E-state index contributed by atoms with van der Waals surface area (Å²) >= 11 is 3.35. The first-order chi connectivity index (χ1) is 13.0. The minimum absolute atomic E-state index is 0.170. The van der Waals surface area contributed by atoms with Crippen LogP contribution >= 0.6 is 15.9 Å². The molecule has 2 aromatic carbocycles. The number of rotatable bonds is 6. The Morgan fingerprint density at radius 3 is 2.52 bits per heavy atom. The molecule has 0 unspecified atom stereocenters. The molecule has 0 aliphatic carbocycles. The van der Waals surface area contributed by atoms with Crippen molar-refractivity contribution in [2.75, 3.05) is 12.4 Å². The second-order valence-corrected chi connectivity index (χ2v) is 6.56. The lowest BCUT2D eigenvalue weighted by Crippen LogP contribution is -2.22. The normalized spacial score (nSPS) is 10.3. The minimum Gasteiger partial charge on any atom is -0.497 e. The first kappa shape index (κ1) is 18.7. The summed E-state index contributed by atoms with van der Waals surface area (Å²) in [6.07, 6.45) is 0. The lowest BCUT2D eigenvalue weighted by molar-refractivity contribution is 0.0948. The van der Waals surface area contributed by atoms with Crippen LogP contribution in [0.2, 0.25) is 0 Å². The fourth-order valence-corrected chi connectivity index (χ4v) is 2.76. The first-order valence-electron chi connectivity index (χ1n) is 8.13. The van der Waals surface area contributed by atoms with E-state index in [0.717, 1.165) is 4.47 Å². The Hall–Kier alpha value is -3.06. The topological polar surface area (TPSA) is 80.6 Å². The standard InChI is InChI=1S/C20H17BrN2O4/c1-26-16-7-5-13(6-8-16)19(24)22-12-17-9-10-18(27-17)20(25)23-15-4-2-3-14(21)11-15/h2-11H,12H2,1H3,(H,22,24)(H,23,25). The SMILES string of the molecule is COc1ccc(C(=O)NCc2ccc(C(=O)Nc3cccc(Br)c3)o2)cc1. The molecule has 0 aliphatic heterocycles. The van der Waals surface area contributed by atoms with Crippen LogP contribution in [-0.4, -0.2) is 18.9 Å². The van der Waals surface area contributed by atoms with Gasteiger partial charge in [-0.3, -0.25) is 9.59 Å². The van der Waals surface area contributed by atoms with Crippen LogP contribution in [0.4, 0.5) is 5.69 Å². The van der Waals surface area contributed by atoms with Crippen LogP contribution in [0.3, 0.4) is 0 Å². The van der Waals surface area contributed by atoms with E-state index in [1.54, 1.807) is 55.6 Å². The molecule has 27 heavy (non-hydrogen) atoms. The van der Waals surface area contributed by atoms with Gasteiger partial charge in [0, 0.05) is 15.7 Å². The van der Waals surface area contributed by atoms with Gasteiger partial charge in [0.1, 0.15) is 11.5 Å². The summed E-state index contributed by atoms with van der Waals surface area (Å²) in [6.45, 7) is 0.176. The number of carbonyl (C=O) groups is 2. The molecular weight excluding hydrogens is 412 g/mol. The summed E-state index contributed by atoms with van der Waals surface area (Å²) in [5.74, 6) is 0.730. The number of hydrogen-bond donors (Lipinski definition) is 2. The molecule has 0 atom stereocenters. The van der Waals surface area contributed by atoms with E-state index in [-0.39, 0.29) is 24.1 Å². The predicted octanol–water partition coefficient (Wildman–Crippen LogP) is 4.23. The van der Waals surface area contributed by atoms with Gasteiger partial charge in [0.15, 0.2) is 5.76 Å². The van der Waals surface area contributed by atoms with Crippen LogP contribution in [0.15, 0.2) is 69.6 Å². The third-order valence-corrected chi connectivity index (χ3v) is 4.24. The van der Waals surface area contributed by atoms with Gasteiger partial charge in [-0.2, -0.15) is 0 Å². The smallest absolute Gasteiger partial charge is 0.291 e. The molecule has 0 saturated heterocycles. The Bertz CT molecular complexity index is 951. The number of benzene rings is 2. The number of ether oxygens (including phenoxy) is 1. The molecule has 2 N–H and O–H groups in total. The van der Waals surface area contributed by atoms with E-state index < -0.39 is 0 Å². The fraction of sp³-hybridized carbons (Fsp3) is 0.100. The molecule has 0 aliphatic rings. The third kappa shape index (κ3) is 4.98. The summed E-state index contributed by atoms with van der Waals surface area (Å²) in [7, 11) is 1.57. The molecule has 3 aromatic rings. The number of carbonyl (C=O) groups excluding carboxylic acids is 2. The zero-order valence-corrected chi connectivity index (χ0v) is 16.1. The Balaban J connectivity index is 1.57. The van der Waals surface area contributed by atoms with Crippen molar-refractivity contribution in [3.05, 3.63) is 82.2 Å². The minimum atomic E-state index is -0.360. The average molecular weight is 429 g/mol. The van der Waals surface area contributed by atoms with Gasteiger partial charge in [-0.15, -0.1) is 0 Å². The van der Waals surface area contributed by atoms with Crippen LogP contribution < -0.4 is 15.4 Å². The number of halogens is 1. The maximum Gasteiger partial charge on any atom is 0.291 e. The lowest BCUT2D eigenvalue weighted by atomic mass is 10.2. The molecule has 1 heterocycles. The van der Waals surface area contributed by atoms with Crippen molar-refractivity contribution in [3.8, 4) is 5.75 Å². The summed E-state index contributed by atoms with van der Waals surface area (Å²) in [5, 5.41) is 5.50. The lowest BCUT2D eigenvalue weighted by Gasteiger charge is -2.05. The number of furan rings is 1. The number of nitrogens with one attached hydrogen (secondary N) is 2. The third-order valence-electron chi connectivity index (χ3n) is 3.74. The molecule has 7 heteroatoms. The maximum atomic E-state index is 12.2. The summed E-state index contributed by atoms with van der Waals surface area (Å²) in [5.41, 5.74) is 1.16. The second-order valence-electron chi connectivity index (χ2n) is 5.64. The molecule has 0 fully saturated rings. The van der Waals surface area contributed by atoms with Crippen molar-refractivity contribution in [1.29, 1.82) is 0 Å². The molecule has 1 aromatic heterocycles. The summed E-state index contributed by atoms with van der Waals surface area (Å²) in [4.78, 5) is 24.4. The van der Waals surface area contributed by atoms with Crippen molar-refractivity contribution in [2.45, 2.75) is 6.54 Å². The van der Waals surface area contributed by atoms with Gasteiger partial charge in [0.05, 0.1) is 13.7 Å². The quantitative estimate of drug-likeness (QED) is 0.615. The van der Waals surface area contributed by atoms with Crippen molar-refractivity contribution in [3.63, 3.8) is 0 Å². The highest BCUT2D eigenvalue weighted by atomic mass is 79.9. The predicted molar refractivity (Wildman–Crippen MR) is 105 cm³/mol. The van der Waals surface area contributed by atoms with Crippen molar-refractivity contribution in [1.82, 2.24) is 5.32 Å². The number of methoxy groups -OCH3 is 1. The van der Waals surface area contributed by atoms with E-state index >= 15 is 0 Å². The highest BCUT2D eigenvalue weighted by molar-refractivity contribution is 9.10. The Morgan fingerprint density at radius 2 is 1.81 bits per heavy atom. The van der Waals surface area contributed by atoms with Gasteiger partial charge < -0.3 is 19.8 Å². The highest BCUT2D eigenvalue weighted by Gasteiger charge is 2.13. The van der Waals surface area contributed by atoms with E-state index in [9.17, 15) is 9.59 Å². The number of hydrogen-bond acceptors (Lipinski definition) is 4. The molecule has 138 valence electrons. The van der Waals surface area contributed by atoms with Gasteiger partial charge in [0.2, 0.25) is 0 Å². The van der Waals surface area contributed by atoms with Gasteiger partial charge in [-0.1, -0.05) is 22.0 Å². The Morgan fingerprint density at radius 1 is 1.04 bits per heavy atom. The molecule has 6 nitrogen and oxygen atoms in total. The van der Waals surface area contributed by atoms with E-state index in [1.807, 2.05) is 12.1 Å². The van der Waals surface area contributed by atoms with Crippen LogP contribution in [0, 0.1) is 0 Å². The zero-order chi connectivity index (χ0) is 19.2.